The van der Waals surface area contributed by atoms with Gasteiger partial charge in [-0.2, -0.15) is 0 Å². The van der Waals surface area contributed by atoms with Crippen LogP contribution in [0.4, 0.5) is 5.13 Å². The Kier molecular flexibility index (Phi) is 3.05. The Hall–Kier alpha value is -2.14. The number of aryl methyl sites for hydroxylation is 1. The van der Waals surface area contributed by atoms with Crippen LogP contribution in [0.5, 0.6) is 0 Å². The van der Waals surface area contributed by atoms with Crippen LogP contribution in [0.1, 0.15) is 5.56 Å². The van der Waals surface area contributed by atoms with Crippen molar-refractivity contribution in [2.45, 2.75) is 13.5 Å². The van der Waals surface area contributed by atoms with E-state index in [0.717, 1.165) is 10.2 Å². The Bertz CT molecular complexity index is 715. The van der Waals surface area contributed by atoms with Crippen molar-refractivity contribution < 1.29 is 4.79 Å². The lowest BCUT2D eigenvalue weighted by Crippen LogP contribution is -2.17. The Morgan fingerprint density at radius 3 is 2.95 bits per heavy atom. The molecule has 96 valence electrons. The maximum absolute atomic E-state index is 11.9. The molecule has 4 nitrogen and oxygen atoms in total. The highest BCUT2D eigenvalue weighted by molar-refractivity contribution is 7.22. The molecule has 0 unspecified atom stereocenters. The molecule has 0 atom stereocenters. The second-order valence-corrected chi connectivity index (χ2v) is 5.42. The van der Waals surface area contributed by atoms with Gasteiger partial charge in [0.2, 0.25) is 5.91 Å². The van der Waals surface area contributed by atoms with Crippen molar-refractivity contribution in [2.24, 2.45) is 0 Å². The van der Waals surface area contributed by atoms with Crippen molar-refractivity contribution in [1.82, 2.24) is 9.55 Å². The number of rotatable bonds is 3. The molecule has 1 N–H and O–H groups in total. The summed E-state index contributed by atoms with van der Waals surface area (Å²) in [5.41, 5.74) is 2.12. The van der Waals surface area contributed by atoms with E-state index < -0.39 is 0 Å². The first kappa shape index (κ1) is 11.9. The van der Waals surface area contributed by atoms with E-state index in [-0.39, 0.29) is 5.91 Å². The van der Waals surface area contributed by atoms with Gasteiger partial charge in [0.25, 0.3) is 0 Å². The molecule has 0 aliphatic heterocycles. The summed E-state index contributed by atoms with van der Waals surface area (Å²) in [4.78, 5) is 16.3. The number of hydrogen-bond donors (Lipinski definition) is 1. The number of anilines is 1. The van der Waals surface area contributed by atoms with E-state index in [1.54, 1.807) is 0 Å². The van der Waals surface area contributed by atoms with Crippen molar-refractivity contribution in [3.63, 3.8) is 0 Å². The predicted molar refractivity (Wildman–Crippen MR) is 77.4 cm³/mol. The number of fused-ring (bicyclic) bond motifs is 1. The molecule has 0 saturated carbocycles. The molecule has 0 aliphatic carbocycles. The highest BCUT2D eigenvalue weighted by Crippen LogP contribution is 2.26. The Labute approximate surface area is 114 Å². The SMILES string of the molecule is Cc1ccc2nc(NC(=O)Cn3cccc3)sc2c1. The third-order valence-corrected chi connectivity index (χ3v) is 3.72. The molecular weight excluding hydrogens is 258 g/mol. The maximum Gasteiger partial charge on any atom is 0.246 e. The number of aromatic nitrogens is 2. The lowest BCUT2D eigenvalue weighted by molar-refractivity contribution is -0.116. The highest BCUT2D eigenvalue weighted by Gasteiger charge is 2.08. The molecule has 2 heterocycles. The molecule has 1 amide bonds. The molecule has 2 aromatic heterocycles. The summed E-state index contributed by atoms with van der Waals surface area (Å²) < 4.78 is 2.92. The van der Waals surface area contributed by atoms with Crippen LogP contribution in [0.25, 0.3) is 10.2 Å². The molecule has 0 radical (unpaired) electrons. The molecule has 0 saturated heterocycles. The van der Waals surface area contributed by atoms with Gasteiger partial charge in [-0.05, 0) is 36.8 Å². The first-order valence-corrected chi connectivity index (χ1v) is 6.80. The quantitative estimate of drug-likeness (QED) is 0.796. The normalized spacial score (nSPS) is 10.8. The van der Waals surface area contributed by atoms with Gasteiger partial charge in [-0.25, -0.2) is 4.98 Å². The van der Waals surface area contributed by atoms with Crippen LogP contribution in [0.15, 0.2) is 42.7 Å². The Balaban J connectivity index is 1.76. The van der Waals surface area contributed by atoms with E-state index in [2.05, 4.69) is 16.4 Å². The third kappa shape index (κ3) is 2.66. The van der Waals surface area contributed by atoms with E-state index in [0.29, 0.717) is 11.7 Å². The topological polar surface area (TPSA) is 46.9 Å². The molecule has 0 fully saturated rings. The van der Waals surface area contributed by atoms with E-state index in [4.69, 9.17) is 0 Å². The summed E-state index contributed by atoms with van der Waals surface area (Å²) in [6, 6.07) is 9.87. The van der Waals surface area contributed by atoms with Crippen molar-refractivity contribution in [1.29, 1.82) is 0 Å². The van der Waals surface area contributed by atoms with Gasteiger partial charge in [0.05, 0.1) is 10.2 Å². The van der Waals surface area contributed by atoms with Crippen molar-refractivity contribution in [2.75, 3.05) is 5.32 Å². The summed E-state index contributed by atoms with van der Waals surface area (Å²) in [6.45, 7) is 2.35. The molecule has 19 heavy (non-hydrogen) atoms. The number of thiazole rings is 1. The van der Waals surface area contributed by atoms with Gasteiger partial charge < -0.3 is 9.88 Å². The number of carbonyl (C=O) groups is 1. The molecule has 3 aromatic rings. The van der Waals surface area contributed by atoms with Crippen LogP contribution in [-0.4, -0.2) is 15.5 Å². The highest BCUT2D eigenvalue weighted by atomic mass is 32.1. The van der Waals surface area contributed by atoms with Crippen molar-refractivity contribution in [3.05, 3.63) is 48.3 Å². The van der Waals surface area contributed by atoms with Crippen LogP contribution in [0.2, 0.25) is 0 Å². The fourth-order valence-corrected chi connectivity index (χ4v) is 2.87. The zero-order chi connectivity index (χ0) is 13.2. The molecule has 0 bridgehead atoms. The van der Waals surface area contributed by atoms with E-state index in [1.165, 1.54) is 16.9 Å². The van der Waals surface area contributed by atoms with Crippen molar-refractivity contribution >= 4 is 32.6 Å². The summed E-state index contributed by atoms with van der Waals surface area (Å²) >= 11 is 1.50. The monoisotopic (exact) mass is 271 g/mol. The van der Waals surface area contributed by atoms with Gasteiger partial charge in [-0.1, -0.05) is 17.4 Å². The smallest absolute Gasteiger partial charge is 0.246 e. The molecule has 1 aromatic carbocycles. The van der Waals surface area contributed by atoms with Gasteiger partial charge >= 0.3 is 0 Å². The zero-order valence-electron chi connectivity index (χ0n) is 10.5. The summed E-state index contributed by atoms with van der Waals surface area (Å²) in [5, 5.41) is 3.49. The van der Waals surface area contributed by atoms with Crippen LogP contribution >= 0.6 is 11.3 Å². The second kappa shape index (κ2) is 4.85. The standard InChI is InChI=1S/C14H13N3OS/c1-10-4-5-11-12(8-10)19-14(15-11)16-13(18)9-17-6-2-3-7-17/h2-8H,9H2,1H3,(H,15,16,18). The molecule has 0 aliphatic rings. The number of carbonyl (C=O) groups excluding carboxylic acids is 1. The zero-order valence-corrected chi connectivity index (χ0v) is 11.3. The fourth-order valence-electron chi connectivity index (χ4n) is 1.89. The van der Waals surface area contributed by atoms with Gasteiger partial charge in [-0.3, -0.25) is 4.79 Å². The lowest BCUT2D eigenvalue weighted by Gasteiger charge is -2.02. The van der Waals surface area contributed by atoms with E-state index in [1.807, 2.05) is 48.1 Å². The number of amides is 1. The van der Waals surface area contributed by atoms with E-state index >= 15 is 0 Å². The summed E-state index contributed by atoms with van der Waals surface area (Å²) in [6.07, 6.45) is 3.72. The minimum atomic E-state index is -0.0630. The minimum absolute atomic E-state index is 0.0630. The minimum Gasteiger partial charge on any atom is -0.345 e. The van der Waals surface area contributed by atoms with Gasteiger partial charge in [-0.15, -0.1) is 0 Å². The lowest BCUT2D eigenvalue weighted by atomic mass is 10.2. The number of benzene rings is 1. The van der Waals surface area contributed by atoms with Crippen LogP contribution in [0, 0.1) is 6.92 Å². The number of nitrogens with zero attached hydrogens (tertiary/aromatic N) is 2. The van der Waals surface area contributed by atoms with Gasteiger partial charge in [0.1, 0.15) is 6.54 Å². The fraction of sp³-hybridized carbons (Fsp3) is 0.143. The van der Waals surface area contributed by atoms with Gasteiger partial charge in [0.15, 0.2) is 5.13 Å². The van der Waals surface area contributed by atoms with Crippen LogP contribution < -0.4 is 5.32 Å². The Morgan fingerprint density at radius 1 is 1.37 bits per heavy atom. The first-order chi connectivity index (χ1) is 9.20. The Morgan fingerprint density at radius 2 is 2.16 bits per heavy atom. The predicted octanol–water partition coefficient (Wildman–Crippen LogP) is 3.04. The number of nitrogens with one attached hydrogen (secondary N) is 1. The van der Waals surface area contributed by atoms with E-state index in [9.17, 15) is 4.79 Å². The van der Waals surface area contributed by atoms with Gasteiger partial charge in [0, 0.05) is 12.4 Å². The van der Waals surface area contributed by atoms with Crippen LogP contribution in [-0.2, 0) is 11.3 Å². The molecule has 3 rings (SSSR count). The summed E-state index contributed by atoms with van der Waals surface area (Å²) in [5.74, 6) is -0.0630. The average Bonchev–Trinajstić information content (AvgIpc) is 2.97. The largest absolute Gasteiger partial charge is 0.345 e. The van der Waals surface area contributed by atoms with Crippen molar-refractivity contribution in [3.8, 4) is 0 Å². The first-order valence-electron chi connectivity index (χ1n) is 5.98. The maximum atomic E-state index is 11.9. The third-order valence-electron chi connectivity index (χ3n) is 2.78. The summed E-state index contributed by atoms with van der Waals surface area (Å²) in [7, 11) is 0. The molecule has 5 heteroatoms. The molecular formula is C14H13N3OS. The molecule has 0 spiro atoms. The van der Waals surface area contributed by atoms with Crippen LogP contribution in [0.3, 0.4) is 0 Å². The number of hydrogen-bond acceptors (Lipinski definition) is 3. The average molecular weight is 271 g/mol. The second-order valence-electron chi connectivity index (χ2n) is 4.39.